The van der Waals surface area contributed by atoms with Crippen LogP contribution in [0.2, 0.25) is 0 Å². The highest BCUT2D eigenvalue weighted by Crippen LogP contribution is 2.27. The first-order valence-corrected chi connectivity index (χ1v) is 7.50. The second-order valence-corrected chi connectivity index (χ2v) is 5.62. The van der Waals surface area contributed by atoms with Gasteiger partial charge in [0, 0.05) is 22.3 Å². The molecule has 100 valence electrons. The summed E-state index contributed by atoms with van der Waals surface area (Å²) in [6.45, 7) is 4.83. The molecular formula is C14H19BrClNO. The van der Waals surface area contributed by atoms with Crippen molar-refractivity contribution in [2.45, 2.75) is 26.7 Å². The van der Waals surface area contributed by atoms with Crippen LogP contribution in [0.3, 0.4) is 0 Å². The van der Waals surface area contributed by atoms with E-state index in [1.165, 1.54) is 0 Å². The van der Waals surface area contributed by atoms with E-state index < -0.39 is 0 Å². The Balaban J connectivity index is 2.69. The Morgan fingerprint density at radius 2 is 1.94 bits per heavy atom. The van der Waals surface area contributed by atoms with Crippen LogP contribution in [0.1, 0.15) is 37.0 Å². The summed E-state index contributed by atoms with van der Waals surface area (Å²) in [5.74, 6) is 0.509. The van der Waals surface area contributed by atoms with Gasteiger partial charge in [-0.1, -0.05) is 26.0 Å². The molecule has 2 nitrogen and oxygen atoms in total. The summed E-state index contributed by atoms with van der Waals surface area (Å²) in [5.41, 5.74) is 0.659. The van der Waals surface area contributed by atoms with E-state index in [1.54, 1.807) is 6.07 Å². The molecule has 0 saturated heterocycles. The van der Waals surface area contributed by atoms with E-state index in [-0.39, 0.29) is 11.3 Å². The van der Waals surface area contributed by atoms with Gasteiger partial charge < -0.3 is 5.32 Å². The molecule has 0 saturated carbocycles. The van der Waals surface area contributed by atoms with E-state index in [0.29, 0.717) is 18.0 Å². The number of alkyl halides is 1. The van der Waals surface area contributed by atoms with Crippen molar-refractivity contribution >= 4 is 33.4 Å². The predicted octanol–water partition coefficient (Wildman–Crippen LogP) is 4.22. The van der Waals surface area contributed by atoms with Crippen molar-refractivity contribution in [1.29, 1.82) is 0 Å². The lowest BCUT2D eigenvalue weighted by Crippen LogP contribution is -2.38. The Morgan fingerprint density at radius 3 is 2.44 bits per heavy atom. The highest BCUT2D eigenvalue weighted by Gasteiger charge is 2.26. The summed E-state index contributed by atoms with van der Waals surface area (Å²) < 4.78 is 0.812. The summed E-state index contributed by atoms with van der Waals surface area (Å²) in [6, 6.07) is 7.42. The van der Waals surface area contributed by atoms with Crippen molar-refractivity contribution in [2.75, 3.05) is 12.4 Å². The van der Waals surface area contributed by atoms with Crippen molar-refractivity contribution < 1.29 is 4.79 Å². The normalized spacial score (nSPS) is 11.3. The molecule has 0 aliphatic carbocycles. The fraction of sp³-hybridized carbons (Fsp3) is 0.500. The largest absolute Gasteiger partial charge is 0.351 e. The first-order chi connectivity index (χ1) is 8.58. The lowest BCUT2D eigenvalue weighted by atomic mass is 9.84. The van der Waals surface area contributed by atoms with Crippen LogP contribution < -0.4 is 5.32 Å². The molecule has 1 amide bonds. The lowest BCUT2D eigenvalue weighted by molar-refractivity contribution is 0.0931. The SMILES string of the molecule is CCC(CC)(CCl)CNC(=O)c1ccccc1Br. The molecule has 0 heterocycles. The van der Waals surface area contributed by atoms with Crippen molar-refractivity contribution in [1.82, 2.24) is 5.32 Å². The van der Waals surface area contributed by atoms with Gasteiger partial charge in [0.2, 0.25) is 0 Å². The fourth-order valence-electron chi connectivity index (χ4n) is 1.74. The van der Waals surface area contributed by atoms with E-state index in [1.807, 2.05) is 18.2 Å². The van der Waals surface area contributed by atoms with E-state index in [2.05, 4.69) is 35.1 Å². The molecule has 18 heavy (non-hydrogen) atoms. The van der Waals surface area contributed by atoms with Gasteiger partial charge in [0.25, 0.3) is 5.91 Å². The summed E-state index contributed by atoms with van der Waals surface area (Å²) in [6.07, 6.45) is 1.92. The third-order valence-electron chi connectivity index (χ3n) is 3.53. The van der Waals surface area contributed by atoms with Crippen LogP contribution in [0.5, 0.6) is 0 Å². The zero-order chi connectivity index (χ0) is 13.6. The summed E-state index contributed by atoms with van der Waals surface area (Å²) in [7, 11) is 0. The molecular weight excluding hydrogens is 314 g/mol. The Bertz CT molecular complexity index is 396. The van der Waals surface area contributed by atoms with Crippen molar-refractivity contribution in [3.63, 3.8) is 0 Å². The maximum atomic E-state index is 12.1. The molecule has 0 aliphatic heterocycles. The van der Waals surface area contributed by atoms with Crippen LogP contribution in [-0.4, -0.2) is 18.3 Å². The van der Waals surface area contributed by atoms with Gasteiger partial charge >= 0.3 is 0 Å². The summed E-state index contributed by atoms with van der Waals surface area (Å²) in [5, 5.41) is 2.98. The molecule has 1 aromatic rings. The first-order valence-electron chi connectivity index (χ1n) is 6.17. The Hall–Kier alpha value is -0.540. The first kappa shape index (κ1) is 15.5. The molecule has 1 rings (SSSR count). The third-order valence-corrected chi connectivity index (χ3v) is 4.78. The smallest absolute Gasteiger partial charge is 0.252 e. The molecule has 0 fully saturated rings. The number of hydrogen-bond acceptors (Lipinski definition) is 1. The van der Waals surface area contributed by atoms with Crippen molar-refractivity contribution in [3.05, 3.63) is 34.3 Å². The number of benzene rings is 1. The van der Waals surface area contributed by atoms with Gasteiger partial charge in [-0.05, 0) is 40.9 Å². The van der Waals surface area contributed by atoms with Gasteiger partial charge in [-0.3, -0.25) is 4.79 Å². The Labute approximate surface area is 122 Å². The number of hydrogen-bond donors (Lipinski definition) is 1. The second kappa shape index (κ2) is 7.15. The number of carbonyl (C=O) groups is 1. The van der Waals surface area contributed by atoms with Crippen molar-refractivity contribution in [3.8, 4) is 0 Å². The highest BCUT2D eigenvalue weighted by atomic mass is 79.9. The van der Waals surface area contributed by atoms with Gasteiger partial charge in [0.05, 0.1) is 5.56 Å². The van der Waals surface area contributed by atoms with Crippen LogP contribution in [0.4, 0.5) is 0 Å². The summed E-state index contributed by atoms with van der Waals surface area (Å²) >= 11 is 9.41. The topological polar surface area (TPSA) is 29.1 Å². The average Bonchev–Trinajstić information content (AvgIpc) is 2.41. The Morgan fingerprint density at radius 1 is 1.33 bits per heavy atom. The zero-order valence-corrected chi connectivity index (χ0v) is 13.1. The molecule has 0 bridgehead atoms. The number of carbonyl (C=O) groups excluding carboxylic acids is 1. The fourth-order valence-corrected chi connectivity index (χ4v) is 2.68. The van der Waals surface area contributed by atoms with Crippen molar-refractivity contribution in [2.24, 2.45) is 5.41 Å². The van der Waals surface area contributed by atoms with Crippen LogP contribution >= 0.6 is 27.5 Å². The molecule has 1 aromatic carbocycles. The number of nitrogens with one attached hydrogen (secondary N) is 1. The second-order valence-electron chi connectivity index (χ2n) is 4.50. The maximum Gasteiger partial charge on any atom is 0.252 e. The van der Waals surface area contributed by atoms with Crippen LogP contribution in [0, 0.1) is 5.41 Å². The molecule has 0 atom stereocenters. The molecule has 4 heteroatoms. The van der Waals surface area contributed by atoms with Gasteiger partial charge in [-0.2, -0.15) is 0 Å². The molecule has 0 aromatic heterocycles. The molecule has 0 aliphatic rings. The molecule has 0 spiro atoms. The van der Waals surface area contributed by atoms with E-state index >= 15 is 0 Å². The number of amides is 1. The minimum Gasteiger partial charge on any atom is -0.351 e. The van der Waals surface area contributed by atoms with Gasteiger partial charge in [-0.15, -0.1) is 11.6 Å². The van der Waals surface area contributed by atoms with Gasteiger partial charge in [0.1, 0.15) is 0 Å². The van der Waals surface area contributed by atoms with Gasteiger partial charge in [0.15, 0.2) is 0 Å². The summed E-state index contributed by atoms with van der Waals surface area (Å²) in [4.78, 5) is 12.1. The molecule has 0 unspecified atom stereocenters. The van der Waals surface area contributed by atoms with Crippen LogP contribution in [-0.2, 0) is 0 Å². The minimum atomic E-state index is -0.0566. The quantitative estimate of drug-likeness (QED) is 0.776. The predicted molar refractivity (Wildman–Crippen MR) is 80.2 cm³/mol. The molecule has 0 radical (unpaired) electrons. The lowest BCUT2D eigenvalue weighted by Gasteiger charge is -2.29. The van der Waals surface area contributed by atoms with E-state index in [0.717, 1.165) is 17.3 Å². The van der Waals surface area contributed by atoms with Crippen LogP contribution in [0.15, 0.2) is 28.7 Å². The monoisotopic (exact) mass is 331 g/mol. The number of halogens is 2. The van der Waals surface area contributed by atoms with E-state index in [9.17, 15) is 4.79 Å². The standard InChI is InChI=1S/C14H19BrClNO/c1-3-14(4-2,9-16)10-17-13(18)11-7-5-6-8-12(11)15/h5-8H,3-4,9-10H2,1-2H3,(H,17,18). The molecule has 1 N–H and O–H groups in total. The minimum absolute atomic E-state index is 0.00152. The third kappa shape index (κ3) is 3.72. The van der Waals surface area contributed by atoms with Gasteiger partial charge in [-0.25, -0.2) is 0 Å². The number of rotatable bonds is 6. The Kier molecular flexibility index (Phi) is 6.16. The highest BCUT2D eigenvalue weighted by molar-refractivity contribution is 9.10. The zero-order valence-electron chi connectivity index (χ0n) is 10.8. The average molecular weight is 333 g/mol. The van der Waals surface area contributed by atoms with E-state index in [4.69, 9.17) is 11.6 Å². The van der Waals surface area contributed by atoms with Crippen LogP contribution in [0.25, 0.3) is 0 Å². The maximum absolute atomic E-state index is 12.1.